The summed E-state index contributed by atoms with van der Waals surface area (Å²) in [5, 5.41) is 10.4. The van der Waals surface area contributed by atoms with Gasteiger partial charge in [0.05, 0.1) is 17.2 Å². The molecule has 1 aromatic heterocycles. The summed E-state index contributed by atoms with van der Waals surface area (Å²) in [7, 11) is 0. The van der Waals surface area contributed by atoms with Gasteiger partial charge in [-0.25, -0.2) is 9.98 Å². The predicted octanol–water partition coefficient (Wildman–Crippen LogP) is 4.18. The molecule has 0 spiro atoms. The summed E-state index contributed by atoms with van der Waals surface area (Å²) in [6.07, 6.45) is 10.6. The predicted molar refractivity (Wildman–Crippen MR) is 126 cm³/mol. The van der Waals surface area contributed by atoms with Gasteiger partial charge in [-0.1, -0.05) is 26.2 Å². The number of aliphatic imine (C=N–C) groups is 1. The summed E-state index contributed by atoms with van der Waals surface area (Å²) in [6.45, 7) is 8.26. The summed E-state index contributed by atoms with van der Waals surface area (Å²) in [5.74, 6) is 0.939. The minimum Gasteiger partial charge on any atom is -0.357 e. The van der Waals surface area contributed by atoms with Gasteiger partial charge in [-0.2, -0.15) is 0 Å². The van der Waals surface area contributed by atoms with Gasteiger partial charge in [0, 0.05) is 30.6 Å². The molecule has 3 rings (SSSR count). The number of rotatable bonds is 6. The van der Waals surface area contributed by atoms with Gasteiger partial charge in [0.15, 0.2) is 5.96 Å². The number of nitrogens with one attached hydrogen (secondary N) is 2. The van der Waals surface area contributed by atoms with Gasteiger partial charge in [-0.05, 0) is 45.6 Å². The Morgan fingerprint density at radius 2 is 2.04 bits per heavy atom. The van der Waals surface area contributed by atoms with Crippen LogP contribution in [0.1, 0.15) is 69.5 Å². The summed E-state index contributed by atoms with van der Waals surface area (Å²) in [6, 6.07) is 1.32. The molecule has 0 aromatic carbocycles. The van der Waals surface area contributed by atoms with E-state index >= 15 is 0 Å². The molecule has 0 radical (unpaired) electrons. The number of piperidine rings is 1. The molecular weight excluding hydrogens is 469 g/mol. The first-order valence-electron chi connectivity index (χ1n) is 10.5. The van der Waals surface area contributed by atoms with E-state index in [-0.39, 0.29) is 24.0 Å². The standard InChI is InChI=1S/C20H35N5S.HI/c1-3-19-23-17(15-26-19)13-22-20(21-4-2)24-16-9-8-12-25(14-16)18-10-6-5-7-11-18;/h15-16,18H,3-14H2,1-2H3,(H2,21,22,24);1H. The third kappa shape index (κ3) is 7.16. The minimum absolute atomic E-state index is 0. The van der Waals surface area contributed by atoms with Crippen LogP contribution in [0.5, 0.6) is 0 Å². The minimum atomic E-state index is 0. The number of hydrogen-bond acceptors (Lipinski definition) is 4. The third-order valence-electron chi connectivity index (χ3n) is 5.53. The monoisotopic (exact) mass is 505 g/mol. The van der Waals surface area contributed by atoms with Crippen molar-refractivity contribution < 1.29 is 0 Å². The quantitative estimate of drug-likeness (QED) is 0.346. The van der Waals surface area contributed by atoms with E-state index in [9.17, 15) is 0 Å². The van der Waals surface area contributed by atoms with Crippen LogP contribution in [-0.2, 0) is 13.0 Å². The normalized spacial score (nSPS) is 22.3. The Balaban J connectivity index is 0.00000261. The van der Waals surface area contributed by atoms with Crippen LogP contribution in [0.3, 0.4) is 0 Å². The fourth-order valence-electron chi connectivity index (χ4n) is 4.16. The zero-order valence-corrected chi connectivity index (χ0v) is 20.0. The van der Waals surface area contributed by atoms with E-state index in [1.807, 2.05) is 0 Å². The second kappa shape index (κ2) is 12.2. The zero-order chi connectivity index (χ0) is 18.2. The Morgan fingerprint density at radius 3 is 2.74 bits per heavy atom. The first-order chi connectivity index (χ1) is 12.8. The Morgan fingerprint density at radius 1 is 1.22 bits per heavy atom. The molecule has 1 atom stereocenters. The molecule has 7 heteroatoms. The first kappa shape index (κ1) is 22.9. The highest BCUT2D eigenvalue weighted by Gasteiger charge is 2.27. The van der Waals surface area contributed by atoms with E-state index in [4.69, 9.17) is 4.99 Å². The van der Waals surface area contributed by atoms with Crippen molar-refractivity contribution in [1.82, 2.24) is 20.5 Å². The van der Waals surface area contributed by atoms with Crippen LogP contribution in [-0.4, -0.2) is 47.6 Å². The highest BCUT2D eigenvalue weighted by Crippen LogP contribution is 2.25. The van der Waals surface area contributed by atoms with Crippen molar-refractivity contribution in [1.29, 1.82) is 0 Å². The molecule has 1 saturated heterocycles. The van der Waals surface area contributed by atoms with Gasteiger partial charge in [0.25, 0.3) is 0 Å². The van der Waals surface area contributed by atoms with E-state index in [2.05, 4.69) is 39.7 Å². The summed E-state index contributed by atoms with van der Waals surface area (Å²) < 4.78 is 0. The van der Waals surface area contributed by atoms with Crippen LogP contribution < -0.4 is 10.6 Å². The average molecular weight is 506 g/mol. The molecule has 0 bridgehead atoms. The second-order valence-electron chi connectivity index (χ2n) is 7.55. The lowest BCUT2D eigenvalue weighted by Crippen LogP contribution is -2.53. The number of aryl methyl sites for hydroxylation is 1. The van der Waals surface area contributed by atoms with Crippen molar-refractivity contribution in [2.24, 2.45) is 4.99 Å². The summed E-state index contributed by atoms with van der Waals surface area (Å²) >= 11 is 1.74. The molecule has 1 aromatic rings. The molecule has 2 heterocycles. The Hall–Kier alpha value is -0.410. The molecule has 2 aliphatic rings. The summed E-state index contributed by atoms with van der Waals surface area (Å²) in [5.41, 5.74) is 1.08. The maximum Gasteiger partial charge on any atom is 0.191 e. The van der Waals surface area contributed by atoms with Crippen LogP contribution in [0.25, 0.3) is 0 Å². The second-order valence-corrected chi connectivity index (χ2v) is 8.49. The van der Waals surface area contributed by atoms with Crippen LogP contribution in [0.2, 0.25) is 0 Å². The molecule has 1 aliphatic heterocycles. The van der Waals surface area contributed by atoms with Crippen LogP contribution in [0.15, 0.2) is 10.4 Å². The molecule has 1 saturated carbocycles. The number of aromatic nitrogens is 1. The Bertz CT molecular complexity index is 570. The highest BCUT2D eigenvalue weighted by atomic mass is 127. The smallest absolute Gasteiger partial charge is 0.191 e. The molecular formula is C20H36IN5S. The molecule has 1 unspecified atom stereocenters. The number of halogens is 1. The molecule has 154 valence electrons. The first-order valence-corrected chi connectivity index (χ1v) is 11.4. The van der Waals surface area contributed by atoms with E-state index in [1.165, 1.54) is 56.5 Å². The van der Waals surface area contributed by atoms with Gasteiger partial charge < -0.3 is 10.6 Å². The lowest BCUT2D eigenvalue weighted by Gasteiger charge is -2.40. The van der Waals surface area contributed by atoms with E-state index in [0.717, 1.165) is 37.2 Å². The Labute approximate surface area is 185 Å². The van der Waals surface area contributed by atoms with E-state index in [1.54, 1.807) is 11.3 Å². The Kier molecular flexibility index (Phi) is 10.3. The van der Waals surface area contributed by atoms with Crippen molar-refractivity contribution in [2.75, 3.05) is 19.6 Å². The number of likely N-dealkylation sites (tertiary alicyclic amines) is 1. The molecule has 2 N–H and O–H groups in total. The van der Waals surface area contributed by atoms with Gasteiger partial charge in [-0.15, -0.1) is 35.3 Å². The van der Waals surface area contributed by atoms with Crippen molar-refractivity contribution >= 4 is 41.3 Å². The topological polar surface area (TPSA) is 52.6 Å². The van der Waals surface area contributed by atoms with Crippen LogP contribution in [0, 0.1) is 0 Å². The molecule has 2 fully saturated rings. The fraction of sp³-hybridized carbons (Fsp3) is 0.800. The maximum absolute atomic E-state index is 4.78. The van der Waals surface area contributed by atoms with Gasteiger partial charge >= 0.3 is 0 Å². The largest absolute Gasteiger partial charge is 0.357 e. The average Bonchev–Trinajstić information content (AvgIpc) is 3.15. The highest BCUT2D eigenvalue weighted by molar-refractivity contribution is 14.0. The van der Waals surface area contributed by atoms with Gasteiger partial charge in [-0.3, -0.25) is 4.90 Å². The molecule has 1 aliphatic carbocycles. The molecule has 5 nitrogen and oxygen atoms in total. The number of nitrogens with zero attached hydrogens (tertiary/aromatic N) is 3. The van der Waals surface area contributed by atoms with Crippen molar-refractivity contribution in [3.05, 3.63) is 16.1 Å². The van der Waals surface area contributed by atoms with Gasteiger partial charge in [0.2, 0.25) is 0 Å². The molecule has 0 amide bonds. The van der Waals surface area contributed by atoms with Crippen molar-refractivity contribution in [2.45, 2.75) is 83.8 Å². The number of thiazole rings is 1. The molecule has 27 heavy (non-hydrogen) atoms. The fourth-order valence-corrected chi connectivity index (χ4v) is 4.90. The van der Waals surface area contributed by atoms with Crippen molar-refractivity contribution in [3.63, 3.8) is 0 Å². The van der Waals surface area contributed by atoms with E-state index < -0.39 is 0 Å². The third-order valence-corrected chi connectivity index (χ3v) is 6.57. The van der Waals surface area contributed by atoms with Crippen LogP contribution >= 0.6 is 35.3 Å². The van der Waals surface area contributed by atoms with Crippen molar-refractivity contribution in [3.8, 4) is 0 Å². The zero-order valence-electron chi connectivity index (χ0n) is 16.9. The maximum atomic E-state index is 4.78. The van der Waals surface area contributed by atoms with Crippen LogP contribution in [0.4, 0.5) is 0 Å². The number of hydrogen-bond donors (Lipinski definition) is 2. The number of guanidine groups is 1. The summed E-state index contributed by atoms with van der Waals surface area (Å²) in [4.78, 5) is 12.1. The SMILES string of the molecule is CCNC(=NCc1csc(CC)n1)NC1CCCN(C2CCCCC2)C1.I. The van der Waals surface area contributed by atoms with Gasteiger partial charge in [0.1, 0.15) is 0 Å². The lowest BCUT2D eigenvalue weighted by atomic mass is 9.92. The van der Waals surface area contributed by atoms with E-state index in [0.29, 0.717) is 12.6 Å². The lowest BCUT2D eigenvalue weighted by molar-refractivity contribution is 0.115.